The van der Waals surface area contributed by atoms with Crippen LogP contribution in [0.25, 0.3) is 10.9 Å². The molecule has 0 aliphatic carbocycles. The molecule has 6 nitrogen and oxygen atoms in total. The fraction of sp³-hybridized carbons (Fsp3) is 0.471. The van der Waals surface area contributed by atoms with Gasteiger partial charge in [-0.05, 0) is 48.7 Å². The average molecular weight is 346 g/mol. The number of aromatic nitrogens is 1. The van der Waals surface area contributed by atoms with E-state index in [2.05, 4.69) is 34.4 Å². The molecule has 7 heteroatoms. The van der Waals surface area contributed by atoms with E-state index in [1.54, 1.807) is 0 Å². The van der Waals surface area contributed by atoms with Gasteiger partial charge in [-0.25, -0.2) is 0 Å². The number of aromatic hydroxyl groups is 1. The fourth-order valence-corrected chi connectivity index (χ4v) is 2.90. The maximum absolute atomic E-state index is 10.1. The number of hydrogen-bond acceptors (Lipinski definition) is 4. The number of nitrogens with one attached hydrogen (secondary N) is 2. The number of benzene rings is 1. The molecule has 1 fully saturated rings. The number of azo groups is 1. The van der Waals surface area contributed by atoms with Crippen LogP contribution in [0.4, 0.5) is 5.69 Å². The van der Waals surface area contributed by atoms with E-state index < -0.39 is 0 Å². The Morgan fingerprint density at radius 2 is 2.33 bits per heavy atom. The van der Waals surface area contributed by atoms with Crippen LogP contribution in [0, 0.1) is 0 Å². The lowest BCUT2D eigenvalue weighted by molar-refractivity contribution is 0.114. The quantitative estimate of drug-likeness (QED) is 0.574. The van der Waals surface area contributed by atoms with E-state index in [0.29, 0.717) is 23.3 Å². The Morgan fingerprint density at radius 1 is 1.50 bits per heavy atom. The smallest absolute Gasteiger partial charge is 0.218 e. The summed E-state index contributed by atoms with van der Waals surface area (Å²) >= 11 is 5.18. The second-order valence-corrected chi connectivity index (χ2v) is 6.69. The Hall–Kier alpha value is -1.99. The Kier molecular flexibility index (Phi) is 5.11. The van der Waals surface area contributed by atoms with Crippen molar-refractivity contribution in [3.05, 3.63) is 23.8 Å². The summed E-state index contributed by atoms with van der Waals surface area (Å²) in [6.45, 7) is 5.69. The van der Waals surface area contributed by atoms with E-state index in [1.807, 2.05) is 18.2 Å². The van der Waals surface area contributed by atoms with Crippen LogP contribution in [0.1, 0.15) is 38.2 Å². The van der Waals surface area contributed by atoms with Crippen molar-refractivity contribution in [1.82, 2.24) is 10.3 Å². The van der Waals surface area contributed by atoms with Gasteiger partial charge in [0.15, 0.2) is 5.69 Å². The Morgan fingerprint density at radius 3 is 3.04 bits per heavy atom. The fourth-order valence-electron chi connectivity index (χ4n) is 2.78. The summed E-state index contributed by atoms with van der Waals surface area (Å²) in [4.78, 5) is 2.91. The van der Waals surface area contributed by atoms with Crippen molar-refractivity contribution in [3.63, 3.8) is 0 Å². The van der Waals surface area contributed by atoms with Gasteiger partial charge in [0.2, 0.25) is 11.0 Å². The molecular formula is C17H22N4O2S. The molecule has 0 radical (unpaired) electrons. The van der Waals surface area contributed by atoms with Crippen LogP contribution in [0.15, 0.2) is 28.4 Å². The SMILES string of the molecule is CC(C)c1ccc2[nH]c(O)c(N=NC(=S)NC[C@@H]3CCCO3)c2c1. The molecule has 0 spiro atoms. The molecule has 0 bridgehead atoms. The van der Waals surface area contributed by atoms with E-state index in [1.165, 1.54) is 5.56 Å². The second kappa shape index (κ2) is 7.27. The standard InChI is InChI=1S/C17H22N4O2S/c1-10(2)11-5-6-14-13(8-11)15(16(22)19-14)20-21-17(24)18-9-12-4-3-7-23-12/h5-6,8,10,12,19,22H,3-4,7,9H2,1-2H3,(H,18,24)/t12-/m0/s1. The molecule has 3 N–H and O–H groups in total. The predicted molar refractivity (Wildman–Crippen MR) is 98.1 cm³/mol. The highest BCUT2D eigenvalue weighted by atomic mass is 32.1. The van der Waals surface area contributed by atoms with Crippen LogP contribution in [0.5, 0.6) is 5.88 Å². The molecule has 2 heterocycles. The van der Waals surface area contributed by atoms with E-state index >= 15 is 0 Å². The molecule has 1 aromatic heterocycles. The maximum Gasteiger partial charge on any atom is 0.218 e. The molecule has 0 amide bonds. The number of rotatable bonds is 4. The summed E-state index contributed by atoms with van der Waals surface area (Å²) in [5.41, 5.74) is 2.41. The van der Waals surface area contributed by atoms with Crippen molar-refractivity contribution in [1.29, 1.82) is 0 Å². The minimum Gasteiger partial charge on any atom is -0.493 e. The van der Waals surface area contributed by atoms with Gasteiger partial charge in [0, 0.05) is 18.5 Å². The van der Waals surface area contributed by atoms with Gasteiger partial charge in [0.25, 0.3) is 0 Å². The third-order valence-electron chi connectivity index (χ3n) is 4.19. The Bertz CT molecular complexity index is 763. The van der Waals surface area contributed by atoms with Crippen LogP contribution in [0.2, 0.25) is 0 Å². The van der Waals surface area contributed by atoms with Crippen LogP contribution in [0.3, 0.4) is 0 Å². The number of fused-ring (bicyclic) bond motifs is 1. The van der Waals surface area contributed by atoms with Gasteiger partial charge < -0.3 is 20.1 Å². The lowest BCUT2D eigenvalue weighted by Gasteiger charge is -2.09. The van der Waals surface area contributed by atoms with Crippen molar-refractivity contribution in [2.75, 3.05) is 13.2 Å². The number of H-pyrrole nitrogens is 1. The normalized spacial score (nSPS) is 18.0. The van der Waals surface area contributed by atoms with E-state index in [9.17, 15) is 5.11 Å². The van der Waals surface area contributed by atoms with Crippen molar-refractivity contribution in [2.45, 2.75) is 38.7 Å². The first-order valence-electron chi connectivity index (χ1n) is 8.20. The van der Waals surface area contributed by atoms with Crippen molar-refractivity contribution in [3.8, 4) is 5.88 Å². The monoisotopic (exact) mass is 346 g/mol. The molecule has 0 saturated carbocycles. The zero-order valence-corrected chi connectivity index (χ0v) is 14.7. The van der Waals surface area contributed by atoms with Crippen molar-refractivity contribution in [2.24, 2.45) is 10.2 Å². The largest absolute Gasteiger partial charge is 0.493 e. The molecule has 1 aliphatic rings. The first-order chi connectivity index (χ1) is 11.5. The first-order valence-corrected chi connectivity index (χ1v) is 8.61. The first kappa shape index (κ1) is 16.9. The molecule has 2 aromatic rings. The van der Waals surface area contributed by atoms with E-state index in [0.717, 1.165) is 30.4 Å². The molecule has 0 unspecified atom stereocenters. The van der Waals surface area contributed by atoms with Crippen LogP contribution < -0.4 is 5.32 Å². The molecule has 3 rings (SSSR count). The molecule has 128 valence electrons. The average Bonchev–Trinajstić information content (AvgIpc) is 3.17. The van der Waals surface area contributed by atoms with Gasteiger partial charge in [-0.2, -0.15) is 0 Å². The van der Waals surface area contributed by atoms with Crippen LogP contribution >= 0.6 is 12.2 Å². The zero-order chi connectivity index (χ0) is 17.1. The predicted octanol–water partition coefficient (Wildman–Crippen LogP) is 4.13. The lowest BCUT2D eigenvalue weighted by Crippen LogP contribution is -2.29. The topological polar surface area (TPSA) is 82.0 Å². The highest BCUT2D eigenvalue weighted by Gasteiger charge is 2.15. The highest BCUT2D eigenvalue weighted by molar-refractivity contribution is 7.80. The number of nitrogens with zero attached hydrogens (tertiary/aromatic N) is 2. The summed E-state index contributed by atoms with van der Waals surface area (Å²) in [5.74, 6) is 0.391. The minimum absolute atomic E-state index is 0.00316. The maximum atomic E-state index is 10.1. The summed E-state index contributed by atoms with van der Waals surface area (Å²) < 4.78 is 5.53. The molecule has 24 heavy (non-hydrogen) atoms. The minimum atomic E-state index is -0.00316. The number of hydrogen-bond donors (Lipinski definition) is 3. The summed E-state index contributed by atoms with van der Waals surface area (Å²) in [6, 6.07) is 6.00. The van der Waals surface area contributed by atoms with E-state index in [-0.39, 0.29) is 12.0 Å². The highest BCUT2D eigenvalue weighted by Crippen LogP contribution is 2.36. The second-order valence-electron chi connectivity index (χ2n) is 6.30. The molecule has 1 atom stereocenters. The third-order valence-corrected chi connectivity index (χ3v) is 4.41. The number of thiocarbonyl (C=S) groups is 1. The summed E-state index contributed by atoms with van der Waals surface area (Å²) in [5, 5.41) is 22.4. The molecular weight excluding hydrogens is 324 g/mol. The molecule has 1 saturated heterocycles. The van der Waals surface area contributed by atoms with Crippen molar-refractivity contribution >= 4 is 33.9 Å². The van der Waals surface area contributed by atoms with Gasteiger partial charge in [0.1, 0.15) is 0 Å². The Balaban J connectivity index is 1.74. The van der Waals surface area contributed by atoms with Gasteiger partial charge in [-0.1, -0.05) is 19.9 Å². The zero-order valence-electron chi connectivity index (χ0n) is 13.9. The number of aromatic amines is 1. The third kappa shape index (κ3) is 3.73. The molecule has 1 aliphatic heterocycles. The molecule has 1 aromatic carbocycles. The van der Waals surface area contributed by atoms with Gasteiger partial charge >= 0.3 is 0 Å². The van der Waals surface area contributed by atoms with Crippen LogP contribution in [-0.2, 0) is 4.74 Å². The van der Waals surface area contributed by atoms with E-state index in [4.69, 9.17) is 17.0 Å². The van der Waals surface area contributed by atoms with Gasteiger partial charge in [-0.3, -0.25) is 0 Å². The summed E-state index contributed by atoms with van der Waals surface area (Å²) in [7, 11) is 0. The summed E-state index contributed by atoms with van der Waals surface area (Å²) in [6.07, 6.45) is 2.31. The van der Waals surface area contributed by atoms with Crippen molar-refractivity contribution < 1.29 is 9.84 Å². The number of ether oxygens (including phenoxy) is 1. The Labute approximate surface area is 146 Å². The van der Waals surface area contributed by atoms with Crippen LogP contribution in [-0.4, -0.2) is 34.5 Å². The van der Waals surface area contributed by atoms with Gasteiger partial charge in [0.05, 0.1) is 11.6 Å². The lowest BCUT2D eigenvalue weighted by atomic mass is 10.0. The van der Waals surface area contributed by atoms with Gasteiger partial charge in [-0.15, -0.1) is 10.2 Å².